The second-order valence-electron chi connectivity index (χ2n) is 11.4. The second kappa shape index (κ2) is 12.3. The maximum absolute atomic E-state index is 12.5. The monoisotopic (exact) mass is 684 g/mol. The van der Waals surface area contributed by atoms with E-state index in [0.29, 0.717) is 16.0 Å². The van der Waals surface area contributed by atoms with Crippen molar-refractivity contribution in [2.45, 2.75) is 20.2 Å². The number of amides is 4. The van der Waals surface area contributed by atoms with Crippen molar-refractivity contribution in [1.82, 2.24) is 18.9 Å². The molecule has 12 heteroatoms. The molecule has 252 valence electrons. The lowest BCUT2D eigenvalue weighted by molar-refractivity contribution is -0.137. The SMILES string of the molecule is [2H]C1=C(c2c([2H])c([2H])c3c(c2[2H])C(=O)N(C)C3=O)C([2H])C2C(=O)N(C)C(=O)C2=C1[2H].[2H]c1c([2H])c(C)c([2H])c([2H])c1C.[2H]c1c2c(=O)n(C)c(=O)c2c([2H])c2c(=O)n(C)c(=O)c12. The molecule has 0 saturated carbocycles. The Kier molecular flexibility index (Phi) is 5.32. The third-order valence-electron chi connectivity index (χ3n) is 8.18. The topological polar surface area (TPSA) is 153 Å². The number of nitrogens with zero attached hydrogens (tertiary/aromatic N) is 4. The van der Waals surface area contributed by atoms with Crippen LogP contribution >= 0.6 is 0 Å². The highest BCUT2D eigenvalue weighted by molar-refractivity contribution is 6.21. The molecule has 0 spiro atoms. The maximum Gasteiger partial charge on any atom is 0.261 e. The lowest BCUT2D eigenvalue weighted by Crippen LogP contribution is -2.25. The van der Waals surface area contributed by atoms with Crippen LogP contribution in [0.4, 0.5) is 0 Å². The van der Waals surface area contributed by atoms with Crippen molar-refractivity contribution in [3.8, 4) is 0 Å². The van der Waals surface area contributed by atoms with Crippen LogP contribution in [-0.4, -0.2) is 56.7 Å². The van der Waals surface area contributed by atoms with E-state index >= 15 is 0 Å². The number of likely N-dealkylation sites (tertiary alicyclic amines) is 1. The van der Waals surface area contributed by atoms with E-state index in [9.17, 15) is 38.4 Å². The fourth-order valence-corrected chi connectivity index (χ4v) is 5.24. The molecule has 5 aromatic rings. The van der Waals surface area contributed by atoms with Crippen molar-refractivity contribution >= 4 is 50.7 Å². The van der Waals surface area contributed by atoms with E-state index < -0.39 is 117 Å². The van der Waals surface area contributed by atoms with E-state index in [1.165, 1.54) is 28.2 Å². The van der Waals surface area contributed by atoms with Crippen LogP contribution < -0.4 is 22.2 Å². The number of hydrogen-bond acceptors (Lipinski definition) is 8. The van der Waals surface area contributed by atoms with Crippen molar-refractivity contribution in [3.63, 3.8) is 0 Å². The highest BCUT2D eigenvalue weighted by atomic mass is 16.2. The molecule has 3 aliphatic rings. The Balaban J connectivity index is 0.000000172. The second-order valence-corrected chi connectivity index (χ2v) is 11.4. The number of fused-ring (bicyclic) bond motifs is 4. The van der Waals surface area contributed by atoms with Gasteiger partial charge in [-0.1, -0.05) is 53.4 Å². The van der Waals surface area contributed by atoms with Crippen molar-refractivity contribution in [2.75, 3.05) is 14.1 Å². The molecule has 2 aliphatic heterocycles. The number of likely N-dealkylation sites (N-methyl/N-ethyl adjacent to an activating group) is 1. The van der Waals surface area contributed by atoms with Gasteiger partial charge < -0.3 is 0 Å². The van der Waals surface area contributed by atoms with Gasteiger partial charge in [-0.05, 0) is 55.6 Å². The third kappa shape index (κ3) is 5.34. The molecule has 4 amide bonds. The molecule has 1 saturated heterocycles. The summed E-state index contributed by atoms with van der Waals surface area (Å²) in [4.78, 5) is 98.8. The molecule has 1 fully saturated rings. The van der Waals surface area contributed by atoms with Gasteiger partial charge in [0.25, 0.3) is 40.0 Å². The molecule has 12 nitrogen and oxygen atoms in total. The minimum atomic E-state index is -1.60. The Morgan fingerprint density at radius 3 is 1.52 bits per heavy atom. The number of rotatable bonds is 1. The van der Waals surface area contributed by atoms with Crippen LogP contribution in [0.15, 0.2) is 91.2 Å². The molecular weight excluding hydrogens is 640 g/mol. The van der Waals surface area contributed by atoms with E-state index in [1.54, 1.807) is 13.8 Å². The normalized spacial score (nSPS) is 21.8. The number of carbonyl (C=O) groups is 4. The average Bonchev–Trinajstić information content (AvgIpc) is 3.80. The van der Waals surface area contributed by atoms with Gasteiger partial charge in [0.1, 0.15) is 0 Å². The average molecular weight is 685 g/mol. The zero-order valence-electron chi connectivity index (χ0n) is 39.2. The van der Waals surface area contributed by atoms with E-state index in [1.807, 2.05) is 0 Å². The van der Waals surface area contributed by atoms with E-state index in [2.05, 4.69) is 0 Å². The summed E-state index contributed by atoms with van der Waals surface area (Å²) in [5.74, 6) is -4.61. The lowest BCUT2D eigenvalue weighted by atomic mass is 9.85. The summed E-state index contributed by atoms with van der Waals surface area (Å²) in [6.45, 7) is 3.19. The van der Waals surface area contributed by atoms with Gasteiger partial charge in [-0.15, -0.1) is 0 Å². The minimum absolute atomic E-state index is 0.0634. The standard InChI is InChI=1S/C18H14N2O4.C12H8N2O4.C8H10/c1-19-15(21)11-5-3-9(7-13(11)17(19)23)10-4-6-12-14(8-10)18(24)20(2)16(12)22;1-13-9(15)5-3-7-8(4-6(5)10(13)16)12(18)14(2)11(7)17;1-7-3-5-8(2)6-4-7/h3-7,14H,8H2,1-2H3;3-4H,1-2H3;3-6H,1-2H3/i3D,4D,5D,6D,7D,8D;3D,4D;3D,4D,5D,6D. The highest BCUT2D eigenvalue weighted by Gasteiger charge is 2.42. The van der Waals surface area contributed by atoms with Gasteiger partial charge in [-0.25, -0.2) is 0 Å². The Morgan fingerprint density at radius 2 is 1.04 bits per heavy atom. The maximum atomic E-state index is 12.5. The number of allylic oxidation sites excluding steroid dienone is 3. The third-order valence-corrected chi connectivity index (χ3v) is 8.18. The Labute approximate surface area is 301 Å². The zero-order valence-corrected chi connectivity index (χ0v) is 27.2. The number of hydrogen-bond donors (Lipinski definition) is 0. The van der Waals surface area contributed by atoms with Gasteiger partial charge in [-0.2, -0.15) is 0 Å². The molecule has 0 N–H and O–H groups in total. The van der Waals surface area contributed by atoms with Gasteiger partial charge in [0.2, 0.25) is 5.91 Å². The van der Waals surface area contributed by atoms with Crippen LogP contribution in [0.2, 0.25) is 0 Å². The molecule has 3 aromatic carbocycles. The molecule has 1 aliphatic carbocycles. The summed E-state index contributed by atoms with van der Waals surface area (Å²) in [5, 5.41) is -1.12. The predicted octanol–water partition coefficient (Wildman–Crippen LogP) is 2.53. The molecule has 0 bridgehead atoms. The van der Waals surface area contributed by atoms with E-state index in [0.717, 1.165) is 14.0 Å². The van der Waals surface area contributed by atoms with Crippen molar-refractivity contribution in [1.29, 1.82) is 0 Å². The summed E-state index contributed by atoms with van der Waals surface area (Å²) in [6.07, 6.45) is -1.60. The van der Waals surface area contributed by atoms with Gasteiger partial charge in [0.15, 0.2) is 0 Å². The van der Waals surface area contributed by atoms with Crippen molar-refractivity contribution in [3.05, 3.63) is 141 Å². The first-order valence-corrected chi connectivity index (χ1v) is 14.7. The van der Waals surface area contributed by atoms with E-state index in [4.69, 9.17) is 16.4 Å². The van der Waals surface area contributed by atoms with Gasteiger partial charge in [-0.3, -0.25) is 57.3 Å². The summed E-state index contributed by atoms with van der Waals surface area (Å²) < 4.78 is 97.1. The minimum Gasteiger partial charge on any atom is -0.281 e. The number of imide groups is 2. The van der Waals surface area contributed by atoms with Crippen LogP contribution in [0.3, 0.4) is 0 Å². The number of aromatic nitrogens is 2. The molecule has 2 unspecified atom stereocenters. The summed E-state index contributed by atoms with van der Waals surface area (Å²) in [5.41, 5.74) is -4.04. The smallest absolute Gasteiger partial charge is 0.261 e. The molecule has 4 heterocycles. The van der Waals surface area contributed by atoms with Gasteiger partial charge in [0.05, 0.1) is 53.7 Å². The quantitative estimate of drug-likeness (QED) is 0.244. The lowest BCUT2D eigenvalue weighted by Gasteiger charge is -2.16. The molecule has 8 rings (SSSR count). The molecule has 2 atom stereocenters. The van der Waals surface area contributed by atoms with Crippen LogP contribution in [0, 0.1) is 19.8 Å². The Morgan fingerprint density at radius 1 is 0.580 bits per heavy atom. The summed E-state index contributed by atoms with van der Waals surface area (Å²) in [6, 6.07) is -3.83. The molecule has 0 radical (unpaired) electrons. The fourth-order valence-electron chi connectivity index (χ4n) is 5.24. The molecule has 50 heavy (non-hydrogen) atoms. The van der Waals surface area contributed by atoms with Crippen LogP contribution in [0.1, 0.15) is 60.3 Å². The first kappa shape index (κ1) is 21.6. The first-order chi connectivity index (χ1) is 28.7. The van der Waals surface area contributed by atoms with Crippen LogP contribution in [0.5, 0.6) is 0 Å². The van der Waals surface area contributed by atoms with E-state index in [-0.39, 0.29) is 56.9 Å². The summed E-state index contributed by atoms with van der Waals surface area (Å²) in [7, 11) is 4.82. The Bertz CT molecular complexity index is 3000. The number of benzene rings is 3. The van der Waals surface area contributed by atoms with Crippen LogP contribution in [0.25, 0.3) is 27.1 Å². The molecular formula is C38H32N4O8. The zero-order chi connectivity index (χ0) is 46.8. The van der Waals surface area contributed by atoms with Gasteiger partial charge in [0, 0.05) is 35.1 Å². The van der Waals surface area contributed by atoms with Crippen molar-refractivity contribution in [2.24, 2.45) is 20.0 Å². The predicted molar refractivity (Wildman–Crippen MR) is 188 cm³/mol. The molecule has 2 aromatic heterocycles. The Hall–Kier alpha value is -6.30. The fraction of sp³-hybridized carbons (Fsp3) is 0.211. The largest absolute Gasteiger partial charge is 0.281 e. The van der Waals surface area contributed by atoms with Crippen molar-refractivity contribution < 1.29 is 35.6 Å². The summed E-state index contributed by atoms with van der Waals surface area (Å²) >= 11 is 0. The first-order valence-electron chi connectivity index (χ1n) is 20.7. The van der Waals surface area contributed by atoms with Gasteiger partial charge >= 0.3 is 0 Å². The van der Waals surface area contributed by atoms with Crippen LogP contribution in [-0.2, 0) is 23.7 Å². The highest BCUT2D eigenvalue weighted by Crippen LogP contribution is 2.38. The number of carbonyl (C=O) groups excluding carboxylic acids is 4.